The molecule has 0 aliphatic carbocycles. The first-order valence-electron chi connectivity index (χ1n) is 6.11. The standard InChI is InChI=1S/C13H16N4O2/c1-2-17-15-9-11(16-17)8-14-12(13(18)19)10-6-4-3-5-7-10/h3-7,9,12,14H,2,8H2,1H3,(H,18,19)/t12-/m0/s1. The second-order valence-corrected chi connectivity index (χ2v) is 4.09. The van der Waals surface area contributed by atoms with Crippen LogP contribution in [0.1, 0.15) is 24.2 Å². The minimum absolute atomic E-state index is 0.367. The highest BCUT2D eigenvalue weighted by molar-refractivity contribution is 5.75. The lowest BCUT2D eigenvalue weighted by atomic mass is 10.1. The first kappa shape index (κ1) is 13.2. The molecule has 1 aromatic heterocycles. The maximum atomic E-state index is 11.3. The van der Waals surface area contributed by atoms with Crippen LogP contribution in [-0.2, 0) is 17.9 Å². The molecule has 0 bridgehead atoms. The summed E-state index contributed by atoms with van der Waals surface area (Å²) in [6.07, 6.45) is 1.64. The maximum absolute atomic E-state index is 11.3. The Morgan fingerprint density at radius 2 is 2.16 bits per heavy atom. The van der Waals surface area contributed by atoms with Crippen LogP contribution in [0.3, 0.4) is 0 Å². The van der Waals surface area contributed by atoms with Gasteiger partial charge in [-0.05, 0) is 12.5 Å². The van der Waals surface area contributed by atoms with Crippen LogP contribution >= 0.6 is 0 Å². The van der Waals surface area contributed by atoms with Gasteiger partial charge in [0.1, 0.15) is 6.04 Å². The van der Waals surface area contributed by atoms with E-state index in [4.69, 9.17) is 0 Å². The molecule has 0 saturated carbocycles. The van der Waals surface area contributed by atoms with Gasteiger partial charge in [0, 0.05) is 6.54 Å². The van der Waals surface area contributed by atoms with Gasteiger partial charge in [-0.25, -0.2) is 0 Å². The molecule has 1 atom stereocenters. The van der Waals surface area contributed by atoms with Crippen molar-refractivity contribution in [1.29, 1.82) is 0 Å². The van der Waals surface area contributed by atoms with Crippen molar-refractivity contribution in [3.63, 3.8) is 0 Å². The molecule has 0 fully saturated rings. The predicted octanol–water partition coefficient (Wildman–Crippen LogP) is 1.21. The van der Waals surface area contributed by atoms with Gasteiger partial charge in [-0.1, -0.05) is 30.3 Å². The van der Waals surface area contributed by atoms with Crippen molar-refractivity contribution >= 4 is 5.97 Å². The average molecular weight is 260 g/mol. The normalized spacial score (nSPS) is 12.3. The number of benzene rings is 1. The summed E-state index contributed by atoms with van der Waals surface area (Å²) in [6, 6.07) is 8.33. The maximum Gasteiger partial charge on any atom is 0.325 e. The molecule has 2 rings (SSSR count). The summed E-state index contributed by atoms with van der Waals surface area (Å²) in [6.45, 7) is 3.01. The van der Waals surface area contributed by atoms with Gasteiger partial charge in [-0.15, -0.1) is 0 Å². The van der Waals surface area contributed by atoms with Crippen molar-refractivity contribution in [2.75, 3.05) is 0 Å². The lowest BCUT2D eigenvalue weighted by Crippen LogP contribution is -2.28. The fourth-order valence-electron chi connectivity index (χ4n) is 1.77. The lowest BCUT2D eigenvalue weighted by molar-refractivity contribution is -0.139. The number of aryl methyl sites for hydroxylation is 1. The number of nitrogens with one attached hydrogen (secondary N) is 1. The zero-order valence-electron chi connectivity index (χ0n) is 10.7. The Hall–Kier alpha value is -2.21. The third kappa shape index (κ3) is 3.38. The molecule has 0 aliphatic heterocycles. The summed E-state index contributed by atoms with van der Waals surface area (Å²) in [5, 5.41) is 20.5. The van der Waals surface area contributed by atoms with E-state index in [0.29, 0.717) is 13.1 Å². The van der Waals surface area contributed by atoms with Gasteiger partial charge >= 0.3 is 5.97 Å². The fraction of sp³-hybridized carbons (Fsp3) is 0.308. The van der Waals surface area contributed by atoms with E-state index in [9.17, 15) is 9.90 Å². The molecule has 0 saturated heterocycles. The number of aliphatic carboxylic acids is 1. The SMILES string of the molecule is CCn1ncc(CN[C@H](C(=O)O)c2ccccc2)n1. The molecule has 0 aliphatic rings. The van der Waals surface area contributed by atoms with E-state index in [1.807, 2.05) is 25.1 Å². The number of nitrogens with zero attached hydrogens (tertiary/aromatic N) is 3. The molecular weight excluding hydrogens is 244 g/mol. The molecule has 2 aromatic rings. The monoisotopic (exact) mass is 260 g/mol. The minimum Gasteiger partial charge on any atom is -0.480 e. The molecule has 0 amide bonds. The van der Waals surface area contributed by atoms with Gasteiger partial charge in [-0.3, -0.25) is 10.1 Å². The minimum atomic E-state index is -0.908. The van der Waals surface area contributed by atoms with E-state index < -0.39 is 12.0 Å². The third-order valence-corrected chi connectivity index (χ3v) is 2.73. The first-order valence-corrected chi connectivity index (χ1v) is 6.11. The van der Waals surface area contributed by atoms with E-state index in [-0.39, 0.29) is 0 Å². The van der Waals surface area contributed by atoms with Crippen molar-refractivity contribution in [1.82, 2.24) is 20.3 Å². The van der Waals surface area contributed by atoms with Gasteiger partial charge in [-0.2, -0.15) is 15.0 Å². The Morgan fingerprint density at radius 1 is 1.42 bits per heavy atom. The van der Waals surface area contributed by atoms with E-state index in [1.165, 1.54) is 0 Å². The van der Waals surface area contributed by atoms with Crippen LogP contribution in [0, 0.1) is 0 Å². The molecule has 6 nitrogen and oxygen atoms in total. The molecular formula is C13H16N4O2. The highest BCUT2D eigenvalue weighted by Gasteiger charge is 2.19. The quantitative estimate of drug-likeness (QED) is 0.816. The van der Waals surface area contributed by atoms with E-state index in [2.05, 4.69) is 15.5 Å². The Kier molecular flexibility index (Phi) is 4.25. The summed E-state index contributed by atoms with van der Waals surface area (Å²) < 4.78 is 0. The van der Waals surface area contributed by atoms with Crippen LogP contribution in [0.5, 0.6) is 0 Å². The summed E-state index contributed by atoms with van der Waals surface area (Å²) in [5.41, 5.74) is 1.45. The van der Waals surface area contributed by atoms with Crippen LogP contribution in [0.15, 0.2) is 36.5 Å². The summed E-state index contributed by atoms with van der Waals surface area (Å²) in [7, 11) is 0. The number of hydrogen-bond donors (Lipinski definition) is 2. The van der Waals surface area contributed by atoms with Crippen molar-refractivity contribution in [2.45, 2.75) is 26.1 Å². The molecule has 19 heavy (non-hydrogen) atoms. The second-order valence-electron chi connectivity index (χ2n) is 4.09. The Labute approximate surface area is 111 Å². The smallest absolute Gasteiger partial charge is 0.325 e. The van der Waals surface area contributed by atoms with Crippen LogP contribution in [0.25, 0.3) is 0 Å². The van der Waals surface area contributed by atoms with Crippen LogP contribution < -0.4 is 5.32 Å². The van der Waals surface area contributed by atoms with Crippen molar-refractivity contribution < 1.29 is 9.90 Å². The van der Waals surface area contributed by atoms with Gasteiger partial charge < -0.3 is 5.11 Å². The molecule has 100 valence electrons. The van der Waals surface area contributed by atoms with Crippen molar-refractivity contribution in [3.05, 3.63) is 47.8 Å². The number of aromatic nitrogens is 3. The highest BCUT2D eigenvalue weighted by Crippen LogP contribution is 2.13. The highest BCUT2D eigenvalue weighted by atomic mass is 16.4. The topological polar surface area (TPSA) is 80.0 Å². The van der Waals surface area contributed by atoms with Gasteiger partial charge in [0.25, 0.3) is 0 Å². The largest absolute Gasteiger partial charge is 0.480 e. The number of carboxylic acid groups (broad SMARTS) is 1. The van der Waals surface area contributed by atoms with Crippen LogP contribution in [0.4, 0.5) is 0 Å². The zero-order chi connectivity index (χ0) is 13.7. The van der Waals surface area contributed by atoms with Crippen molar-refractivity contribution in [3.8, 4) is 0 Å². The molecule has 0 spiro atoms. The summed E-state index contributed by atoms with van der Waals surface area (Å²) in [5.74, 6) is -0.908. The van der Waals surface area contributed by atoms with E-state index in [0.717, 1.165) is 11.3 Å². The van der Waals surface area contributed by atoms with Gasteiger partial charge in [0.2, 0.25) is 0 Å². The lowest BCUT2D eigenvalue weighted by Gasteiger charge is -2.13. The number of carboxylic acids is 1. The van der Waals surface area contributed by atoms with Gasteiger partial charge in [0.05, 0.1) is 18.4 Å². The Bertz CT molecular complexity index is 539. The fourth-order valence-corrected chi connectivity index (χ4v) is 1.77. The molecule has 0 unspecified atom stereocenters. The average Bonchev–Trinajstić information content (AvgIpc) is 2.88. The third-order valence-electron chi connectivity index (χ3n) is 2.73. The molecule has 1 heterocycles. The number of rotatable bonds is 6. The van der Waals surface area contributed by atoms with Crippen LogP contribution in [0.2, 0.25) is 0 Å². The second kappa shape index (κ2) is 6.10. The summed E-state index contributed by atoms with van der Waals surface area (Å²) >= 11 is 0. The van der Waals surface area contributed by atoms with Crippen molar-refractivity contribution in [2.24, 2.45) is 0 Å². The van der Waals surface area contributed by atoms with E-state index in [1.54, 1.807) is 23.1 Å². The Balaban J connectivity index is 2.04. The first-order chi connectivity index (χ1) is 9.20. The van der Waals surface area contributed by atoms with Gasteiger partial charge in [0.15, 0.2) is 0 Å². The molecule has 6 heteroatoms. The molecule has 0 radical (unpaired) electrons. The summed E-state index contributed by atoms with van der Waals surface area (Å²) in [4.78, 5) is 12.8. The number of hydrogen-bond acceptors (Lipinski definition) is 4. The zero-order valence-corrected chi connectivity index (χ0v) is 10.7. The van der Waals surface area contributed by atoms with E-state index >= 15 is 0 Å². The number of carbonyl (C=O) groups is 1. The van der Waals surface area contributed by atoms with Crippen LogP contribution in [-0.4, -0.2) is 26.1 Å². The molecule has 1 aromatic carbocycles. The Morgan fingerprint density at radius 3 is 2.74 bits per heavy atom. The predicted molar refractivity (Wildman–Crippen MR) is 69.4 cm³/mol. The molecule has 2 N–H and O–H groups in total.